The third-order valence-electron chi connectivity index (χ3n) is 5.38. The Morgan fingerprint density at radius 1 is 1.27 bits per heavy atom. The lowest BCUT2D eigenvalue weighted by Gasteiger charge is -2.31. The molecule has 1 aliphatic heterocycles. The molecule has 3 heterocycles. The monoisotopic (exact) mass is 376 g/mol. The van der Waals surface area contributed by atoms with Gasteiger partial charge in [-0.05, 0) is 49.4 Å². The van der Waals surface area contributed by atoms with Gasteiger partial charge >= 0.3 is 0 Å². The van der Waals surface area contributed by atoms with Gasteiger partial charge in [-0.2, -0.15) is 9.40 Å². The Bertz CT molecular complexity index is 1060. The van der Waals surface area contributed by atoms with E-state index in [0.717, 1.165) is 16.5 Å². The summed E-state index contributed by atoms with van der Waals surface area (Å²) in [5.41, 5.74) is 2.61. The fraction of sp³-hybridized carbons (Fsp3) is 0.389. The average molecular weight is 376 g/mol. The SMILES string of the molecule is Cc1c(S(=O)(=O)N2CCC(c3c[nH]c4ccc(F)cc34)CC2)cnn1C. The summed E-state index contributed by atoms with van der Waals surface area (Å²) >= 11 is 0. The molecule has 26 heavy (non-hydrogen) atoms. The van der Waals surface area contributed by atoms with Crippen LogP contribution in [0.4, 0.5) is 4.39 Å². The molecule has 1 N–H and O–H groups in total. The molecule has 8 heteroatoms. The predicted molar refractivity (Wildman–Crippen MR) is 96.9 cm³/mol. The molecule has 2 aromatic heterocycles. The highest BCUT2D eigenvalue weighted by molar-refractivity contribution is 7.89. The Labute approximate surface area is 151 Å². The number of piperidine rings is 1. The molecule has 0 radical (unpaired) electrons. The molecule has 0 spiro atoms. The number of hydrogen-bond acceptors (Lipinski definition) is 3. The van der Waals surface area contributed by atoms with Crippen molar-refractivity contribution in [3.05, 3.63) is 47.7 Å². The van der Waals surface area contributed by atoms with Crippen molar-refractivity contribution < 1.29 is 12.8 Å². The van der Waals surface area contributed by atoms with Gasteiger partial charge in [-0.15, -0.1) is 0 Å². The minimum Gasteiger partial charge on any atom is -0.361 e. The van der Waals surface area contributed by atoms with Crippen LogP contribution in [0.5, 0.6) is 0 Å². The van der Waals surface area contributed by atoms with E-state index in [0.29, 0.717) is 31.6 Å². The molecule has 1 aliphatic rings. The third kappa shape index (κ3) is 2.73. The number of aryl methyl sites for hydroxylation is 1. The van der Waals surface area contributed by atoms with E-state index >= 15 is 0 Å². The Kier molecular flexibility index (Phi) is 4.11. The number of aromatic amines is 1. The van der Waals surface area contributed by atoms with Gasteiger partial charge in [-0.3, -0.25) is 4.68 Å². The molecule has 1 saturated heterocycles. The molecule has 0 amide bonds. The normalized spacial score (nSPS) is 17.2. The number of nitrogens with one attached hydrogen (secondary N) is 1. The van der Waals surface area contributed by atoms with Crippen LogP contribution in [-0.2, 0) is 17.1 Å². The first kappa shape index (κ1) is 17.2. The van der Waals surface area contributed by atoms with Gasteiger partial charge in [0.05, 0.1) is 11.9 Å². The second-order valence-electron chi connectivity index (χ2n) is 6.83. The summed E-state index contributed by atoms with van der Waals surface area (Å²) < 4.78 is 42.5. The van der Waals surface area contributed by atoms with Gasteiger partial charge in [0.1, 0.15) is 10.7 Å². The lowest BCUT2D eigenvalue weighted by atomic mass is 9.90. The van der Waals surface area contributed by atoms with Crippen molar-refractivity contribution in [1.82, 2.24) is 19.1 Å². The van der Waals surface area contributed by atoms with Gasteiger partial charge in [0.25, 0.3) is 0 Å². The van der Waals surface area contributed by atoms with Gasteiger partial charge in [-0.25, -0.2) is 12.8 Å². The van der Waals surface area contributed by atoms with Gasteiger partial charge in [0, 0.05) is 37.2 Å². The molecule has 0 unspecified atom stereocenters. The summed E-state index contributed by atoms with van der Waals surface area (Å²) in [7, 11) is -1.80. The van der Waals surface area contributed by atoms with Crippen LogP contribution in [0.1, 0.15) is 30.0 Å². The van der Waals surface area contributed by atoms with Crippen LogP contribution < -0.4 is 0 Å². The van der Waals surface area contributed by atoms with Crippen LogP contribution >= 0.6 is 0 Å². The van der Waals surface area contributed by atoms with Gasteiger partial charge in [0.15, 0.2) is 0 Å². The highest BCUT2D eigenvalue weighted by Crippen LogP contribution is 2.35. The number of sulfonamides is 1. The summed E-state index contributed by atoms with van der Waals surface area (Å²) in [6.45, 7) is 2.65. The Morgan fingerprint density at radius 2 is 2.00 bits per heavy atom. The van der Waals surface area contributed by atoms with Crippen molar-refractivity contribution in [2.24, 2.45) is 7.05 Å². The second kappa shape index (κ2) is 6.21. The lowest BCUT2D eigenvalue weighted by Crippen LogP contribution is -2.38. The molecule has 0 saturated carbocycles. The minimum absolute atomic E-state index is 0.215. The topological polar surface area (TPSA) is 71.0 Å². The molecular formula is C18H21FN4O2S. The molecule has 4 rings (SSSR count). The van der Waals surface area contributed by atoms with Gasteiger partial charge in [-0.1, -0.05) is 0 Å². The van der Waals surface area contributed by atoms with Crippen LogP contribution in [0, 0.1) is 12.7 Å². The number of benzene rings is 1. The number of halogens is 1. The summed E-state index contributed by atoms with van der Waals surface area (Å²) in [5, 5.41) is 4.93. The van der Waals surface area contributed by atoms with Gasteiger partial charge in [0.2, 0.25) is 10.0 Å². The number of aromatic nitrogens is 3. The Balaban J connectivity index is 1.55. The minimum atomic E-state index is -3.53. The predicted octanol–water partition coefficient (Wildman–Crippen LogP) is 2.92. The van der Waals surface area contributed by atoms with Crippen molar-refractivity contribution >= 4 is 20.9 Å². The van der Waals surface area contributed by atoms with Crippen molar-refractivity contribution in [2.75, 3.05) is 13.1 Å². The largest absolute Gasteiger partial charge is 0.361 e. The average Bonchev–Trinajstić information content (AvgIpc) is 3.19. The molecule has 1 aromatic carbocycles. The zero-order chi connectivity index (χ0) is 18.5. The fourth-order valence-electron chi connectivity index (χ4n) is 3.73. The number of rotatable bonds is 3. The first-order valence-corrected chi connectivity index (χ1v) is 10.1. The third-order valence-corrected chi connectivity index (χ3v) is 7.38. The molecule has 1 fully saturated rings. The van der Waals surface area contributed by atoms with E-state index in [1.54, 1.807) is 30.8 Å². The fourth-order valence-corrected chi connectivity index (χ4v) is 5.39. The van der Waals surface area contributed by atoms with Crippen LogP contribution in [0.2, 0.25) is 0 Å². The summed E-state index contributed by atoms with van der Waals surface area (Å²) in [6.07, 6.45) is 4.76. The van der Waals surface area contributed by atoms with E-state index in [-0.39, 0.29) is 16.6 Å². The van der Waals surface area contributed by atoms with Crippen molar-refractivity contribution in [3.63, 3.8) is 0 Å². The van der Waals surface area contributed by atoms with Crippen molar-refractivity contribution in [3.8, 4) is 0 Å². The molecule has 0 atom stereocenters. The number of fused-ring (bicyclic) bond motifs is 1. The first-order valence-electron chi connectivity index (χ1n) is 8.63. The summed E-state index contributed by atoms with van der Waals surface area (Å²) in [4.78, 5) is 3.45. The van der Waals surface area contributed by atoms with Crippen LogP contribution in [0.15, 0.2) is 35.5 Å². The van der Waals surface area contributed by atoms with E-state index < -0.39 is 10.0 Å². The maximum Gasteiger partial charge on any atom is 0.246 e. The molecule has 138 valence electrons. The smallest absolute Gasteiger partial charge is 0.246 e. The Morgan fingerprint density at radius 3 is 2.65 bits per heavy atom. The maximum absolute atomic E-state index is 13.6. The van der Waals surface area contributed by atoms with E-state index in [1.807, 2.05) is 6.20 Å². The van der Waals surface area contributed by atoms with Crippen LogP contribution in [0.25, 0.3) is 10.9 Å². The summed E-state index contributed by atoms with van der Waals surface area (Å²) in [5.74, 6) is -0.0441. The number of H-pyrrole nitrogens is 1. The van der Waals surface area contributed by atoms with Crippen LogP contribution in [-0.4, -0.2) is 40.6 Å². The van der Waals surface area contributed by atoms with Gasteiger partial charge < -0.3 is 4.98 Å². The lowest BCUT2D eigenvalue weighted by molar-refractivity contribution is 0.320. The van der Waals surface area contributed by atoms with E-state index in [9.17, 15) is 12.8 Å². The van der Waals surface area contributed by atoms with Crippen LogP contribution in [0.3, 0.4) is 0 Å². The molecule has 0 bridgehead atoms. The summed E-state index contributed by atoms with van der Waals surface area (Å²) in [6, 6.07) is 4.72. The molecule has 3 aromatic rings. The highest BCUT2D eigenvalue weighted by Gasteiger charge is 2.32. The number of hydrogen-bond donors (Lipinski definition) is 1. The van der Waals surface area contributed by atoms with E-state index in [2.05, 4.69) is 10.1 Å². The number of nitrogens with zero attached hydrogens (tertiary/aromatic N) is 3. The molecule has 6 nitrogen and oxygen atoms in total. The Hall–Kier alpha value is -2.19. The van der Waals surface area contributed by atoms with Crippen molar-refractivity contribution in [1.29, 1.82) is 0 Å². The molecular weight excluding hydrogens is 355 g/mol. The highest BCUT2D eigenvalue weighted by atomic mass is 32.2. The second-order valence-corrected chi connectivity index (χ2v) is 8.74. The maximum atomic E-state index is 13.6. The van der Waals surface area contributed by atoms with E-state index in [4.69, 9.17) is 0 Å². The standard InChI is InChI=1S/C18H21FN4O2S/c1-12-18(11-21-22(12)2)26(24,25)23-7-5-13(6-8-23)16-10-20-17-4-3-14(19)9-15(16)17/h3-4,9-11,13,20H,5-8H2,1-2H3. The zero-order valence-corrected chi connectivity index (χ0v) is 15.6. The quantitative estimate of drug-likeness (QED) is 0.764. The molecule has 0 aliphatic carbocycles. The zero-order valence-electron chi connectivity index (χ0n) is 14.7. The first-order chi connectivity index (χ1) is 12.4. The van der Waals surface area contributed by atoms with E-state index in [1.165, 1.54) is 16.6 Å². The van der Waals surface area contributed by atoms with Crippen molar-refractivity contribution in [2.45, 2.75) is 30.6 Å².